The minimum Gasteiger partial charge on any atom is -0.472 e. The molecule has 134 valence electrons. The molecule has 2 N–H and O–H groups in total. The fourth-order valence-corrected chi connectivity index (χ4v) is 2.35. The van der Waals surface area contributed by atoms with E-state index >= 15 is 0 Å². The van der Waals surface area contributed by atoms with Gasteiger partial charge in [0.1, 0.15) is 18.1 Å². The highest BCUT2D eigenvalue weighted by Gasteiger charge is 2.17. The van der Waals surface area contributed by atoms with Gasteiger partial charge in [-0.1, -0.05) is 6.07 Å². The summed E-state index contributed by atoms with van der Waals surface area (Å²) in [7, 11) is 0. The first kappa shape index (κ1) is 17.4. The molecule has 7 nitrogen and oxygen atoms in total. The van der Waals surface area contributed by atoms with Gasteiger partial charge in [0, 0.05) is 18.9 Å². The number of imidazole rings is 1. The molecular formula is C18H17FN4O3. The summed E-state index contributed by atoms with van der Waals surface area (Å²) in [5.41, 5.74) is 1.31. The van der Waals surface area contributed by atoms with E-state index in [2.05, 4.69) is 15.6 Å². The van der Waals surface area contributed by atoms with Crippen LogP contribution in [-0.2, 0) is 11.3 Å². The Hall–Kier alpha value is -3.42. The van der Waals surface area contributed by atoms with E-state index in [-0.39, 0.29) is 12.5 Å². The zero-order valence-corrected chi connectivity index (χ0v) is 14.0. The number of rotatable bonds is 6. The molecule has 0 saturated heterocycles. The van der Waals surface area contributed by atoms with Crippen molar-refractivity contribution in [3.05, 3.63) is 72.5 Å². The first-order chi connectivity index (χ1) is 12.5. The fourth-order valence-electron chi connectivity index (χ4n) is 2.35. The van der Waals surface area contributed by atoms with Gasteiger partial charge in [-0.25, -0.2) is 9.37 Å². The fraction of sp³-hybridized carbons (Fsp3) is 0.167. The summed E-state index contributed by atoms with van der Waals surface area (Å²) in [6, 6.07) is 5.44. The monoisotopic (exact) mass is 356 g/mol. The second kappa shape index (κ2) is 7.64. The molecule has 3 rings (SSSR count). The molecule has 0 aliphatic rings. The number of aromatic nitrogens is 2. The molecule has 0 aliphatic heterocycles. The van der Waals surface area contributed by atoms with E-state index in [9.17, 15) is 14.0 Å². The predicted octanol–water partition coefficient (Wildman–Crippen LogP) is 2.04. The topological polar surface area (TPSA) is 89.2 Å². The van der Waals surface area contributed by atoms with Gasteiger partial charge in [0.25, 0.3) is 5.91 Å². The number of amides is 2. The third-order valence-corrected chi connectivity index (χ3v) is 3.79. The molecule has 1 unspecified atom stereocenters. The van der Waals surface area contributed by atoms with Crippen molar-refractivity contribution in [2.75, 3.05) is 0 Å². The van der Waals surface area contributed by atoms with Gasteiger partial charge < -0.3 is 19.6 Å². The smallest absolute Gasteiger partial charge is 0.255 e. The van der Waals surface area contributed by atoms with Gasteiger partial charge in [0.15, 0.2) is 0 Å². The third kappa shape index (κ3) is 3.97. The van der Waals surface area contributed by atoms with Crippen molar-refractivity contribution in [3.8, 4) is 5.69 Å². The highest BCUT2D eigenvalue weighted by Crippen LogP contribution is 2.15. The Morgan fingerprint density at radius 1 is 1.35 bits per heavy atom. The van der Waals surface area contributed by atoms with Crippen LogP contribution in [0.1, 0.15) is 22.8 Å². The number of hydrogen-bond donors (Lipinski definition) is 2. The average Bonchev–Trinajstić information content (AvgIpc) is 3.33. The number of hydrogen-bond acceptors (Lipinski definition) is 4. The molecule has 0 saturated carbocycles. The van der Waals surface area contributed by atoms with Crippen LogP contribution in [0.4, 0.5) is 4.39 Å². The quantitative estimate of drug-likeness (QED) is 0.707. The van der Waals surface area contributed by atoms with Crippen LogP contribution in [0.15, 0.2) is 59.9 Å². The van der Waals surface area contributed by atoms with Crippen molar-refractivity contribution in [2.45, 2.75) is 19.5 Å². The summed E-state index contributed by atoms with van der Waals surface area (Å²) in [4.78, 5) is 27.9. The van der Waals surface area contributed by atoms with E-state index in [0.29, 0.717) is 16.8 Å². The number of carbonyl (C=O) groups is 2. The predicted molar refractivity (Wildman–Crippen MR) is 91.0 cm³/mol. The molecule has 0 fully saturated rings. The van der Waals surface area contributed by atoms with Gasteiger partial charge in [-0.15, -0.1) is 0 Å². The Bertz CT molecular complexity index is 891. The summed E-state index contributed by atoms with van der Waals surface area (Å²) in [6.45, 7) is 1.71. The Kier molecular flexibility index (Phi) is 5.12. The van der Waals surface area contributed by atoms with E-state index in [1.807, 2.05) is 0 Å². The molecule has 0 bridgehead atoms. The van der Waals surface area contributed by atoms with Gasteiger partial charge in [-0.2, -0.15) is 0 Å². The lowest BCUT2D eigenvalue weighted by molar-refractivity contribution is -0.122. The van der Waals surface area contributed by atoms with Crippen LogP contribution in [0.25, 0.3) is 5.69 Å². The van der Waals surface area contributed by atoms with Crippen molar-refractivity contribution in [1.29, 1.82) is 0 Å². The van der Waals surface area contributed by atoms with Gasteiger partial charge in [0.05, 0.1) is 23.8 Å². The van der Waals surface area contributed by atoms with Crippen LogP contribution in [-0.4, -0.2) is 27.4 Å². The van der Waals surface area contributed by atoms with Crippen LogP contribution >= 0.6 is 0 Å². The number of nitrogens with zero attached hydrogens (tertiary/aromatic N) is 2. The second-order valence-electron chi connectivity index (χ2n) is 5.68. The summed E-state index contributed by atoms with van der Waals surface area (Å²) < 4.78 is 20.6. The number of furan rings is 1. The largest absolute Gasteiger partial charge is 0.472 e. The van der Waals surface area contributed by atoms with Crippen LogP contribution in [0.3, 0.4) is 0 Å². The zero-order valence-electron chi connectivity index (χ0n) is 14.0. The Balaban J connectivity index is 1.55. The van der Waals surface area contributed by atoms with E-state index < -0.39 is 17.8 Å². The minimum absolute atomic E-state index is 0.145. The summed E-state index contributed by atoms with van der Waals surface area (Å²) in [5.74, 6) is -1.20. The first-order valence-electron chi connectivity index (χ1n) is 7.92. The number of halogens is 1. The van der Waals surface area contributed by atoms with Crippen molar-refractivity contribution in [1.82, 2.24) is 20.2 Å². The summed E-state index contributed by atoms with van der Waals surface area (Å²) in [6.07, 6.45) is 7.38. The molecular weight excluding hydrogens is 339 g/mol. The molecule has 2 heterocycles. The van der Waals surface area contributed by atoms with Crippen molar-refractivity contribution in [3.63, 3.8) is 0 Å². The van der Waals surface area contributed by atoms with Crippen LogP contribution in [0.2, 0.25) is 0 Å². The molecule has 8 heteroatoms. The summed E-state index contributed by atoms with van der Waals surface area (Å²) >= 11 is 0. The molecule has 1 aromatic carbocycles. The van der Waals surface area contributed by atoms with Crippen molar-refractivity contribution in [2.24, 2.45) is 0 Å². The molecule has 0 spiro atoms. The van der Waals surface area contributed by atoms with Gasteiger partial charge >= 0.3 is 0 Å². The maximum absolute atomic E-state index is 14.2. The maximum atomic E-state index is 14.2. The third-order valence-electron chi connectivity index (χ3n) is 3.79. The maximum Gasteiger partial charge on any atom is 0.255 e. The minimum atomic E-state index is -0.743. The van der Waals surface area contributed by atoms with Crippen LogP contribution < -0.4 is 10.6 Å². The molecule has 0 radical (unpaired) electrons. The number of benzene rings is 1. The first-order valence-corrected chi connectivity index (χ1v) is 7.92. The zero-order chi connectivity index (χ0) is 18.5. The van der Waals surface area contributed by atoms with Gasteiger partial charge in [-0.05, 0) is 30.7 Å². The second-order valence-corrected chi connectivity index (χ2v) is 5.68. The average molecular weight is 356 g/mol. The summed E-state index contributed by atoms with van der Waals surface area (Å²) in [5, 5.41) is 5.23. The van der Waals surface area contributed by atoms with E-state index in [0.717, 1.165) is 0 Å². The van der Waals surface area contributed by atoms with Gasteiger partial charge in [-0.3, -0.25) is 9.59 Å². The lowest BCUT2D eigenvalue weighted by Gasteiger charge is -2.14. The molecule has 1 atom stereocenters. The number of carbonyl (C=O) groups excluding carboxylic acids is 2. The van der Waals surface area contributed by atoms with Crippen molar-refractivity contribution >= 4 is 11.8 Å². The van der Waals surface area contributed by atoms with E-state index in [1.165, 1.54) is 31.0 Å². The normalized spacial score (nSPS) is 11.8. The van der Waals surface area contributed by atoms with Gasteiger partial charge in [0.2, 0.25) is 5.91 Å². The number of nitrogens with one attached hydrogen (secondary N) is 2. The van der Waals surface area contributed by atoms with Crippen molar-refractivity contribution < 1.29 is 18.4 Å². The van der Waals surface area contributed by atoms with Crippen LogP contribution in [0, 0.1) is 5.82 Å². The molecule has 2 aromatic heterocycles. The molecule has 2 amide bonds. The lowest BCUT2D eigenvalue weighted by atomic mass is 10.2. The van der Waals surface area contributed by atoms with E-state index in [4.69, 9.17) is 4.42 Å². The highest BCUT2D eigenvalue weighted by atomic mass is 19.1. The molecule has 26 heavy (non-hydrogen) atoms. The Labute approximate surface area is 148 Å². The lowest BCUT2D eigenvalue weighted by Crippen LogP contribution is -2.44. The standard InChI is InChI=1S/C18H17FN4O3/c1-12(22-18(25)14-4-7-26-10-14)17(24)21-9-13-2-3-16(15(19)8-13)23-6-5-20-11-23/h2-8,10-12H,9H2,1H3,(H,21,24)(H,22,25). The van der Waals surface area contributed by atoms with E-state index in [1.54, 1.807) is 36.0 Å². The molecule has 0 aliphatic carbocycles. The molecule has 3 aromatic rings. The van der Waals surface area contributed by atoms with Crippen LogP contribution in [0.5, 0.6) is 0 Å². The highest BCUT2D eigenvalue weighted by molar-refractivity contribution is 5.97. The SMILES string of the molecule is CC(NC(=O)c1ccoc1)C(=O)NCc1ccc(-n2ccnc2)c(F)c1. The Morgan fingerprint density at radius 2 is 2.19 bits per heavy atom. The Morgan fingerprint density at radius 3 is 2.85 bits per heavy atom.